The van der Waals surface area contributed by atoms with Crippen molar-refractivity contribution in [2.75, 3.05) is 39.4 Å². The smallest absolute Gasteiger partial charge is 0.306 e. The quantitative estimate of drug-likeness (QED) is 0.0499. The van der Waals surface area contributed by atoms with Crippen molar-refractivity contribution >= 4 is 11.9 Å². The number of carbonyl (C=O) groups is 2. The Morgan fingerprint density at radius 2 is 0.865 bits per heavy atom. The van der Waals surface area contributed by atoms with Crippen molar-refractivity contribution in [1.29, 1.82) is 0 Å². The Morgan fingerprint density at radius 3 is 1.33 bits per heavy atom. The highest BCUT2D eigenvalue weighted by Gasteiger charge is 2.14. The third kappa shape index (κ3) is 40.1. The summed E-state index contributed by atoms with van der Waals surface area (Å²) in [5.74, 6) is 0.0958. The number of hydrogen-bond donors (Lipinski definition) is 1. The molecule has 1 N–H and O–H groups in total. The topological polar surface area (TPSA) is 67.9 Å². The minimum absolute atomic E-state index is 0.0316. The first kappa shape index (κ1) is 50.9. The molecule has 0 saturated heterocycles. The molecule has 0 saturated carbocycles. The van der Waals surface area contributed by atoms with Crippen LogP contribution in [-0.2, 0) is 19.1 Å². The molecule has 310 valence electrons. The van der Waals surface area contributed by atoms with Gasteiger partial charge in [0.2, 0.25) is 5.91 Å². The average Bonchev–Trinajstić information content (AvgIpc) is 3.13. The minimum atomic E-state index is 0.0316. The third-order valence-corrected chi connectivity index (χ3v) is 10.6. The Kier molecular flexibility index (Phi) is 41.7. The number of amides is 1. The van der Waals surface area contributed by atoms with Crippen LogP contribution in [0.5, 0.6) is 0 Å². The molecule has 0 aromatic rings. The van der Waals surface area contributed by atoms with E-state index in [9.17, 15) is 9.59 Å². The van der Waals surface area contributed by atoms with Crippen LogP contribution in [0.3, 0.4) is 0 Å². The number of ether oxygens (including phenoxy) is 2. The normalized spacial score (nSPS) is 11.6. The largest absolute Gasteiger partial charge is 0.462 e. The zero-order chi connectivity index (χ0) is 38.0. The molecule has 6 nitrogen and oxygen atoms in total. The lowest BCUT2D eigenvalue weighted by Crippen LogP contribution is -2.30. The van der Waals surface area contributed by atoms with Crippen molar-refractivity contribution < 1.29 is 19.1 Å². The first-order valence-corrected chi connectivity index (χ1v) is 23.3. The lowest BCUT2D eigenvalue weighted by molar-refractivity contribution is -0.150. The summed E-state index contributed by atoms with van der Waals surface area (Å²) >= 11 is 0. The molecule has 0 aliphatic carbocycles. The first-order chi connectivity index (χ1) is 25.5. The van der Waals surface area contributed by atoms with Gasteiger partial charge in [-0.1, -0.05) is 162 Å². The average molecular weight is 737 g/mol. The highest BCUT2D eigenvalue weighted by molar-refractivity contribution is 5.72. The van der Waals surface area contributed by atoms with E-state index in [0.29, 0.717) is 6.42 Å². The molecule has 0 fully saturated rings. The van der Waals surface area contributed by atoms with Crippen molar-refractivity contribution in [3.63, 3.8) is 0 Å². The molecule has 0 aliphatic rings. The third-order valence-electron chi connectivity index (χ3n) is 10.6. The van der Waals surface area contributed by atoms with E-state index in [2.05, 4.69) is 31.0 Å². The molecule has 0 heterocycles. The summed E-state index contributed by atoms with van der Waals surface area (Å²) in [4.78, 5) is 26.7. The highest BCUT2D eigenvalue weighted by Crippen LogP contribution is 2.18. The lowest BCUT2D eigenvalue weighted by Gasteiger charge is -2.22. The van der Waals surface area contributed by atoms with Gasteiger partial charge in [0.25, 0.3) is 0 Å². The first-order valence-electron chi connectivity index (χ1n) is 23.3. The molecule has 0 aromatic carbocycles. The Labute approximate surface area is 325 Å². The molecular formula is C46H92N2O4. The molecule has 0 unspecified atom stereocenters. The van der Waals surface area contributed by atoms with Crippen LogP contribution >= 0.6 is 0 Å². The summed E-state index contributed by atoms with van der Waals surface area (Å²) < 4.78 is 11.9. The van der Waals surface area contributed by atoms with E-state index in [1.807, 2.05) is 0 Å². The zero-order valence-corrected chi connectivity index (χ0v) is 35.7. The van der Waals surface area contributed by atoms with Gasteiger partial charge in [0.15, 0.2) is 0 Å². The van der Waals surface area contributed by atoms with E-state index in [0.717, 1.165) is 71.5 Å². The maximum Gasteiger partial charge on any atom is 0.306 e. The van der Waals surface area contributed by atoms with Gasteiger partial charge in [-0.2, -0.15) is 0 Å². The molecule has 0 aliphatic heterocycles. The van der Waals surface area contributed by atoms with Gasteiger partial charge in [-0.3, -0.25) is 9.59 Å². The fourth-order valence-electron chi connectivity index (χ4n) is 7.18. The second-order valence-corrected chi connectivity index (χ2v) is 15.9. The number of nitrogens with zero attached hydrogens (tertiary/aromatic N) is 1. The monoisotopic (exact) mass is 737 g/mol. The molecule has 0 atom stereocenters. The molecule has 0 rings (SSSR count). The van der Waals surface area contributed by atoms with Gasteiger partial charge in [0.05, 0.1) is 0 Å². The van der Waals surface area contributed by atoms with Crippen molar-refractivity contribution in [3.05, 3.63) is 0 Å². The predicted octanol–water partition coefficient (Wildman–Crippen LogP) is 13.3. The number of hydrogen-bond acceptors (Lipinski definition) is 5. The summed E-state index contributed by atoms with van der Waals surface area (Å²) in [7, 11) is 0. The van der Waals surface area contributed by atoms with Gasteiger partial charge in [-0.05, 0) is 83.8 Å². The molecule has 52 heavy (non-hydrogen) atoms. The summed E-state index contributed by atoms with van der Waals surface area (Å²) in [6.07, 6.45) is 40.6. The van der Waals surface area contributed by atoms with Crippen LogP contribution in [-0.4, -0.2) is 62.3 Å². The molecule has 0 radical (unpaired) electrons. The van der Waals surface area contributed by atoms with Crippen LogP contribution in [0.1, 0.15) is 240 Å². The van der Waals surface area contributed by atoms with Crippen molar-refractivity contribution in [2.45, 2.75) is 246 Å². The summed E-state index contributed by atoms with van der Waals surface area (Å²) in [6.45, 7) is 14.4. The van der Waals surface area contributed by atoms with Crippen LogP contribution in [0.2, 0.25) is 0 Å². The van der Waals surface area contributed by atoms with Crippen LogP contribution in [0.15, 0.2) is 0 Å². The molecule has 0 aromatic heterocycles. The Hall–Kier alpha value is -1.14. The van der Waals surface area contributed by atoms with E-state index < -0.39 is 0 Å². The van der Waals surface area contributed by atoms with Crippen LogP contribution in [0.25, 0.3) is 0 Å². The molecular weight excluding hydrogens is 645 g/mol. The number of esters is 1. The Bertz CT molecular complexity index is 717. The van der Waals surface area contributed by atoms with E-state index in [1.54, 1.807) is 6.92 Å². The number of nitrogens with one attached hydrogen (secondary N) is 1. The van der Waals surface area contributed by atoms with Gasteiger partial charge in [-0.25, -0.2) is 0 Å². The van der Waals surface area contributed by atoms with Crippen molar-refractivity contribution in [1.82, 2.24) is 10.2 Å². The fraction of sp³-hybridized carbons (Fsp3) is 0.957. The van der Waals surface area contributed by atoms with E-state index >= 15 is 0 Å². The summed E-state index contributed by atoms with van der Waals surface area (Å²) in [5.41, 5.74) is 0. The maximum absolute atomic E-state index is 12.8. The SMILES string of the molecule is CCCCCCCCOCCCCCCCCN(CCCCCCCC(=O)OC(CCCCCCCC)CCCCCCCC)CCCNC(C)=O. The second-order valence-electron chi connectivity index (χ2n) is 15.9. The molecule has 6 heteroatoms. The van der Waals surface area contributed by atoms with Gasteiger partial charge in [0, 0.05) is 33.1 Å². The predicted molar refractivity (Wildman–Crippen MR) is 225 cm³/mol. The Balaban J connectivity index is 4.17. The van der Waals surface area contributed by atoms with E-state index in [4.69, 9.17) is 9.47 Å². The standard InChI is InChI=1S/C46H92N2O4/c1-5-8-11-14-20-27-35-45(36-28-21-15-12-9-6-2)52-46(50)37-29-22-19-24-31-40-48(41-34-38-47-44(4)49)39-30-23-17-18-26-33-43-51-42-32-25-16-13-10-7-3/h45H,5-43H2,1-4H3,(H,47,49). The molecule has 1 amide bonds. The Morgan fingerprint density at radius 1 is 0.481 bits per heavy atom. The maximum atomic E-state index is 12.8. The van der Waals surface area contributed by atoms with Crippen LogP contribution in [0, 0.1) is 0 Å². The van der Waals surface area contributed by atoms with Gasteiger partial charge in [-0.15, -0.1) is 0 Å². The molecule has 0 bridgehead atoms. The van der Waals surface area contributed by atoms with Crippen LogP contribution in [0.4, 0.5) is 0 Å². The number of rotatable bonds is 43. The second kappa shape index (κ2) is 42.6. The highest BCUT2D eigenvalue weighted by atomic mass is 16.5. The van der Waals surface area contributed by atoms with Gasteiger partial charge >= 0.3 is 5.97 Å². The van der Waals surface area contributed by atoms with E-state index in [1.165, 1.54) is 173 Å². The van der Waals surface area contributed by atoms with E-state index in [-0.39, 0.29) is 18.0 Å². The summed E-state index contributed by atoms with van der Waals surface area (Å²) in [5, 5.41) is 2.96. The van der Waals surface area contributed by atoms with Crippen LogP contribution < -0.4 is 5.32 Å². The lowest BCUT2D eigenvalue weighted by atomic mass is 10.0. The molecule has 0 spiro atoms. The zero-order valence-electron chi connectivity index (χ0n) is 35.7. The fourth-order valence-corrected chi connectivity index (χ4v) is 7.18. The minimum Gasteiger partial charge on any atom is -0.462 e. The van der Waals surface area contributed by atoms with Gasteiger partial charge in [0.1, 0.15) is 6.10 Å². The van der Waals surface area contributed by atoms with Crippen molar-refractivity contribution in [3.8, 4) is 0 Å². The van der Waals surface area contributed by atoms with Gasteiger partial charge < -0.3 is 19.7 Å². The number of unbranched alkanes of at least 4 members (excludes halogenated alkanes) is 24. The number of carbonyl (C=O) groups excluding carboxylic acids is 2. The van der Waals surface area contributed by atoms with Crippen molar-refractivity contribution in [2.24, 2.45) is 0 Å². The summed E-state index contributed by atoms with van der Waals surface area (Å²) in [6, 6.07) is 0.